The molecule has 0 radical (unpaired) electrons. The lowest BCUT2D eigenvalue weighted by atomic mass is 10.0. The van der Waals surface area contributed by atoms with E-state index in [0.29, 0.717) is 6.04 Å². The molecule has 0 saturated carbocycles. The predicted octanol–water partition coefficient (Wildman–Crippen LogP) is 4.13. The van der Waals surface area contributed by atoms with Crippen LogP contribution in [-0.2, 0) is 0 Å². The van der Waals surface area contributed by atoms with Crippen LogP contribution < -0.4 is 10.2 Å². The van der Waals surface area contributed by atoms with Crippen molar-refractivity contribution in [1.82, 2.24) is 5.32 Å². The largest absolute Gasteiger partial charge is 0.375 e. The standard InChI is InChI=1S/C17H21ClN2/c1-19-17(14-7-6-8-15(18)13-14)11-12-20(2)16-9-4-3-5-10-16/h3-10,13,17,19H,11-12H2,1-2H3. The van der Waals surface area contributed by atoms with Crippen molar-refractivity contribution in [1.29, 1.82) is 0 Å². The fraction of sp³-hybridized carbons (Fsp3) is 0.294. The molecular formula is C17H21ClN2. The van der Waals surface area contributed by atoms with E-state index >= 15 is 0 Å². The van der Waals surface area contributed by atoms with Crippen LogP contribution in [-0.4, -0.2) is 20.6 Å². The molecule has 2 aromatic rings. The van der Waals surface area contributed by atoms with E-state index < -0.39 is 0 Å². The third-order valence-corrected chi connectivity index (χ3v) is 3.78. The lowest BCUT2D eigenvalue weighted by Gasteiger charge is -2.23. The summed E-state index contributed by atoms with van der Waals surface area (Å²) in [6.45, 7) is 0.988. The van der Waals surface area contributed by atoms with Crippen molar-refractivity contribution in [3.05, 3.63) is 65.2 Å². The molecule has 2 nitrogen and oxygen atoms in total. The first kappa shape index (κ1) is 14.9. The molecule has 106 valence electrons. The summed E-state index contributed by atoms with van der Waals surface area (Å²) in [6.07, 6.45) is 1.03. The zero-order valence-corrected chi connectivity index (χ0v) is 12.8. The number of halogens is 1. The van der Waals surface area contributed by atoms with Gasteiger partial charge in [0.1, 0.15) is 0 Å². The first-order chi connectivity index (χ1) is 9.70. The summed E-state index contributed by atoms with van der Waals surface area (Å²) in [5.41, 5.74) is 2.48. The third kappa shape index (κ3) is 3.99. The van der Waals surface area contributed by atoms with E-state index in [4.69, 9.17) is 11.6 Å². The molecule has 0 aliphatic rings. The Morgan fingerprint density at radius 2 is 1.85 bits per heavy atom. The smallest absolute Gasteiger partial charge is 0.0409 e. The summed E-state index contributed by atoms with van der Waals surface area (Å²) in [7, 11) is 4.12. The fourth-order valence-electron chi connectivity index (χ4n) is 2.34. The normalized spacial score (nSPS) is 12.2. The Hall–Kier alpha value is -1.51. The summed E-state index contributed by atoms with van der Waals surface area (Å²) in [5.74, 6) is 0. The van der Waals surface area contributed by atoms with Gasteiger partial charge in [-0.15, -0.1) is 0 Å². The molecule has 0 aliphatic heterocycles. The van der Waals surface area contributed by atoms with Gasteiger partial charge in [0.15, 0.2) is 0 Å². The number of hydrogen-bond donors (Lipinski definition) is 1. The maximum absolute atomic E-state index is 6.07. The van der Waals surface area contributed by atoms with Gasteiger partial charge in [-0.2, -0.15) is 0 Å². The molecule has 1 unspecified atom stereocenters. The van der Waals surface area contributed by atoms with Crippen molar-refractivity contribution in [2.24, 2.45) is 0 Å². The summed E-state index contributed by atoms with van der Waals surface area (Å²) < 4.78 is 0. The molecule has 0 aromatic heterocycles. The van der Waals surface area contributed by atoms with Gasteiger partial charge in [0.25, 0.3) is 0 Å². The van der Waals surface area contributed by atoms with Gasteiger partial charge in [0.2, 0.25) is 0 Å². The number of nitrogens with zero attached hydrogens (tertiary/aromatic N) is 1. The fourth-order valence-corrected chi connectivity index (χ4v) is 2.53. The van der Waals surface area contributed by atoms with Crippen LogP contribution in [0.5, 0.6) is 0 Å². The average molecular weight is 289 g/mol. The van der Waals surface area contributed by atoms with Gasteiger partial charge in [-0.1, -0.05) is 41.9 Å². The van der Waals surface area contributed by atoms with Gasteiger partial charge >= 0.3 is 0 Å². The number of anilines is 1. The van der Waals surface area contributed by atoms with Crippen molar-refractivity contribution >= 4 is 17.3 Å². The van der Waals surface area contributed by atoms with Crippen molar-refractivity contribution < 1.29 is 0 Å². The first-order valence-corrected chi connectivity index (χ1v) is 7.27. The van der Waals surface area contributed by atoms with E-state index in [-0.39, 0.29) is 0 Å². The Balaban J connectivity index is 1.97. The quantitative estimate of drug-likeness (QED) is 0.860. The van der Waals surface area contributed by atoms with Gasteiger partial charge in [0.05, 0.1) is 0 Å². The van der Waals surface area contributed by atoms with Crippen molar-refractivity contribution in [3.8, 4) is 0 Å². The Morgan fingerprint density at radius 1 is 1.10 bits per heavy atom. The highest BCUT2D eigenvalue weighted by molar-refractivity contribution is 6.30. The van der Waals surface area contributed by atoms with E-state index in [9.17, 15) is 0 Å². The Kier molecular flexibility index (Phi) is 5.45. The minimum Gasteiger partial charge on any atom is -0.375 e. The van der Waals surface area contributed by atoms with Gasteiger partial charge in [0, 0.05) is 30.3 Å². The highest BCUT2D eigenvalue weighted by Gasteiger charge is 2.11. The summed E-state index contributed by atoms with van der Waals surface area (Å²) in [6, 6.07) is 18.8. The molecule has 0 aliphatic carbocycles. The molecule has 1 N–H and O–H groups in total. The predicted molar refractivity (Wildman–Crippen MR) is 87.6 cm³/mol. The molecule has 0 amide bonds. The minimum absolute atomic E-state index is 0.319. The van der Waals surface area contributed by atoms with E-state index in [0.717, 1.165) is 18.0 Å². The Bertz CT molecular complexity index is 528. The third-order valence-electron chi connectivity index (χ3n) is 3.55. The molecule has 0 saturated heterocycles. The summed E-state index contributed by atoms with van der Waals surface area (Å²) >= 11 is 6.07. The maximum Gasteiger partial charge on any atom is 0.0409 e. The maximum atomic E-state index is 6.07. The number of benzene rings is 2. The molecule has 0 fully saturated rings. The van der Waals surface area contributed by atoms with Crippen molar-refractivity contribution in [3.63, 3.8) is 0 Å². The second-order valence-electron chi connectivity index (χ2n) is 4.94. The Labute approximate surface area is 126 Å². The van der Waals surface area contributed by atoms with E-state index in [2.05, 4.69) is 47.6 Å². The molecule has 0 bridgehead atoms. The van der Waals surface area contributed by atoms with E-state index in [1.54, 1.807) is 0 Å². The van der Waals surface area contributed by atoms with Crippen LogP contribution in [0.2, 0.25) is 5.02 Å². The molecule has 0 heterocycles. The lowest BCUT2D eigenvalue weighted by Crippen LogP contribution is -2.25. The zero-order valence-electron chi connectivity index (χ0n) is 12.0. The van der Waals surface area contributed by atoms with Crippen LogP contribution in [0.25, 0.3) is 0 Å². The van der Waals surface area contributed by atoms with Gasteiger partial charge in [-0.3, -0.25) is 0 Å². The molecule has 1 atom stereocenters. The highest BCUT2D eigenvalue weighted by Crippen LogP contribution is 2.21. The van der Waals surface area contributed by atoms with E-state index in [1.165, 1.54) is 11.3 Å². The molecule has 20 heavy (non-hydrogen) atoms. The highest BCUT2D eigenvalue weighted by atomic mass is 35.5. The van der Waals surface area contributed by atoms with Crippen molar-refractivity contribution in [2.75, 3.05) is 25.5 Å². The van der Waals surface area contributed by atoms with Crippen LogP contribution in [0.15, 0.2) is 54.6 Å². The topological polar surface area (TPSA) is 15.3 Å². The lowest BCUT2D eigenvalue weighted by molar-refractivity contribution is 0.549. The summed E-state index contributed by atoms with van der Waals surface area (Å²) in [4.78, 5) is 2.27. The first-order valence-electron chi connectivity index (χ1n) is 6.89. The molecule has 0 spiro atoms. The van der Waals surface area contributed by atoms with Crippen LogP contribution in [0.3, 0.4) is 0 Å². The van der Waals surface area contributed by atoms with Gasteiger partial charge < -0.3 is 10.2 Å². The van der Waals surface area contributed by atoms with Crippen LogP contribution in [0.4, 0.5) is 5.69 Å². The number of hydrogen-bond acceptors (Lipinski definition) is 2. The van der Waals surface area contributed by atoms with Crippen LogP contribution in [0, 0.1) is 0 Å². The second kappa shape index (κ2) is 7.32. The second-order valence-corrected chi connectivity index (χ2v) is 5.38. The molecule has 2 aromatic carbocycles. The van der Waals surface area contributed by atoms with Gasteiger partial charge in [-0.25, -0.2) is 0 Å². The number of rotatable bonds is 6. The van der Waals surface area contributed by atoms with E-state index in [1.807, 2.05) is 31.3 Å². The molecule has 2 rings (SSSR count). The van der Waals surface area contributed by atoms with Crippen molar-refractivity contribution in [2.45, 2.75) is 12.5 Å². The summed E-state index contributed by atoms with van der Waals surface area (Å²) in [5, 5.41) is 4.16. The van der Waals surface area contributed by atoms with Crippen LogP contribution in [0.1, 0.15) is 18.0 Å². The SMILES string of the molecule is CNC(CCN(C)c1ccccc1)c1cccc(Cl)c1. The Morgan fingerprint density at radius 3 is 2.50 bits per heavy atom. The zero-order chi connectivity index (χ0) is 14.4. The average Bonchev–Trinajstić information content (AvgIpc) is 2.48. The van der Waals surface area contributed by atoms with Crippen LogP contribution >= 0.6 is 11.6 Å². The molecule has 3 heteroatoms. The minimum atomic E-state index is 0.319. The number of para-hydroxylation sites is 1. The molecular weight excluding hydrogens is 268 g/mol. The monoisotopic (exact) mass is 288 g/mol. The van der Waals surface area contributed by atoms with Gasteiger partial charge in [-0.05, 0) is 43.3 Å². The number of nitrogens with one attached hydrogen (secondary N) is 1.